The van der Waals surface area contributed by atoms with Crippen molar-refractivity contribution in [1.82, 2.24) is 4.98 Å². The van der Waals surface area contributed by atoms with Crippen molar-refractivity contribution in [3.63, 3.8) is 0 Å². The molecule has 3 unspecified atom stereocenters. The summed E-state index contributed by atoms with van der Waals surface area (Å²) in [7, 11) is 0. The topological polar surface area (TPSA) is 24.9 Å². The van der Waals surface area contributed by atoms with Gasteiger partial charge < -0.3 is 5.32 Å². The van der Waals surface area contributed by atoms with Crippen LogP contribution in [-0.2, 0) is 0 Å². The Kier molecular flexibility index (Phi) is 9.43. The highest BCUT2D eigenvalue weighted by molar-refractivity contribution is 6.00. The molecule has 3 atom stereocenters. The van der Waals surface area contributed by atoms with Gasteiger partial charge in [-0.1, -0.05) is 153 Å². The Bertz CT molecular complexity index is 2490. The number of hydrogen-bond acceptors (Lipinski definition) is 2. The minimum atomic E-state index is 0.0492. The van der Waals surface area contributed by atoms with Crippen molar-refractivity contribution >= 4 is 33.4 Å². The summed E-state index contributed by atoms with van der Waals surface area (Å²) in [5.74, 6) is 0.673. The highest BCUT2D eigenvalue weighted by Crippen LogP contribution is 2.55. The van der Waals surface area contributed by atoms with Crippen LogP contribution in [0.25, 0.3) is 38.9 Å². The summed E-state index contributed by atoms with van der Waals surface area (Å²) < 4.78 is 0. The van der Waals surface area contributed by atoms with Crippen LogP contribution in [0.2, 0.25) is 0 Å². The first-order chi connectivity index (χ1) is 26.7. The van der Waals surface area contributed by atoms with Gasteiger partial charge in [0.25, 0.3) is 0 Å². The van der Waals surface area contributed by atoms with Gasteiger partial charge in [0.05, 0.1) is 17.2 Å². The molecule has 0 spiro atoms. The highest BCUT2D eigenvalue weighted by atomic mass is 14.9. The van der Waals surface area contributed by atoms with Gasteiger partial charge in [-0.25, -0.2) is 0 Å². The van der Waals surface area contributed by atoms with Gasteiger partial charge in [0.15, 0.2) is 0 Å². The van der Waals surface area contributed by atoms with Crippen LogP contribution in [-0.4, -0.2) is 4.98 Å². The van der Waals surface area contributed by atoms with E-state index in [1.54, 1.807) is 11.1 Å². The van der Waals surface area contributed by atoms with Crippen LogP contribution < -0.4 is 5.32 Å². The maximum absolute atomic E-state index is 4.75. The standard InChI is InChI=1S/C52H48N2/c1-3-5-15-35(4-2)49-46(36-16-8-6-9-17-36)34-47(50(49)39-18-10-7-11-19-39)38-25-23-37(24-26-38)42-30-31-45(44-22-13-12-21-43(42)44)48-32-29-41-28-27-40-20-14-33-53-51(40)52(41)54-48/h4-5,7,10-16,18-33,47-48,50,54H,3,6,8-9,17,34H2,1-2H3/b15-5-,35-4+. The first-order valence-electron chi connectivity index (χ1n) is 20.0. The van der Waals surface area contributed by atoms with Gasteiger partial charge in [-0.05, 0) is 124 Å². The van der Waals surface area contributed by atoms with Gasteiger partial charge in [0, 0.05) is 17.5 Å². The Hall–Kier alpha value is -5.73. The monoisotopic (exact) mass is 700 g/mol. The van der Waals surface area contributed by atoms with Crippen LogP contribution >= 0.6 is 0 Å². The molecule has 1 aromatic heterocycles. The third-order valence-corrected chi connectivity index (χ3v) is 12.0. The summed E-state index contributed by atoms with van der Waals surface area (Å²) in [5, 5.41) is 7.56. The molecule has 0 amide bonds. The fourth-order valence-electron chi connectivity index (χ4n) is 9.35. The molecule has 54 heavy (non-hydrogen) atoms. The molecule has 2 heterocycles. The fourth-order valence-corrected chi connectivity index (χ4v) is 9.35. The summed E-state index contributed by atoms with van der Waals surface area (Å²) in [6, 6.07) is 42.9. The summed E-state index contributed by atoms with van der Waals surface area (Å²) >= 11 is 0. The SMILES string of the molecule is C/C=C(\C=C/CC)C1=C(C2=CCCCC2)CC(c2ccc(-c3ccc(C4C=Cc5ccc6cccnc6c5N4)c4ccccc34)cc2)C1c1ccccc1. The zero-order valence-corrected chi connectivity index (χ0v) is 31.4. The van der Waals surface area contributed by atoms with Gasteiger partial charge in [-0.15, -0.1) is 0 Å². The second-order valence-electron chi connectivity index (χ2n) is 15.1. The summed E-state index contributed by atoms with van der Waals surface area (Å²) in [6.07, 6.45) is 23.1. The summed E-state index contributed by atoms with van der Waals surface area (Å²) in [4.78, 5) is 4.75. The first-order valence-corrected chi connectivity index (χ1v) is 20.0. The molecule has 266 valence electrons. The van der Waals surface area contributed by atoms with Crippen LogP contribution in [0.4, 0.5) is 5.69 Å². The fraction of sp³-hybridized carbons (Fsp3) is 0.212. The molecule has 0 fully saturated rings. The van der Waals surface area contributed by atoms with E-state index in [0.29, 0.717) is 11.8 Å². The van der Waals surface area contributed by atoms with Crippen LogP contribution in [0.3, 0.4) is 0 Å². The predicted molar refractivity (Wildman–Crippen MR) is 230 cm³/mol. The average molecular weight is 701 g/mol. The third kappa shape index (κ3) is 6.24. The minimum Gasteiger partial charge on any atom is -0.372 e. The van der Waals surface area contributed by atoms with E-state index in [2.05, 4.69) is 165 Å². The van der Waals surface area contributed by atoms with Gasteiger partial charge >= 0.3 is 0 Å². The number of anilines is 1. The first kappa shape index (κ1) is 34.1. The number of hydrogen-bond donors (Lipinski definition) is 1. The predicted octanol–water partition coefficient (Wildman–Crippen LogP) is 14.2. The van der Waals surface area contributed by atoms with E-state index in [4.69, 9.17) is 4.98 Å². The van der Waals surface area contributed by atoms with Crippen molar-refractivity contribution in [3.05, 3.63) is 196 Å². The highest BCUT2D eigenvalue weighted by Gasteiger charge is 2.38. The van der Waals surface area contributed by atoms with Crippen LogP contribution in [0.15, 0.2) is 174 Å². The van der Waals surface area contributed by atoms with E-state index in [1.165, 1.54) is 81.0 Å². The van der Waals surface area contributed by atoms with Gasteiger partial charge in [-0.3, -0.25) is 4.98 Å². The molecule has 0 saturated heterocycles. The number of benzene rings is 5. The molecule has 2 aliphatic carbocycles. The van der Waals surface area contributed by atoms with E-state index >= 15 is 0 Å². The van der Waals surface area contributed by atoms with E-state index < -0.39 is 0 Å². The Morgan fingerprint density at radius 3 is 2.44 bits per heavy atom. The molecule has 3 aliphatic rings. The number of nitrogens with zero attached hydrogens (tertiary/aromatic N) is 1. The molecule has 0 bridgehead atoms. The second-order valence-corrected chi connectivity index (χ2v) is 15.1. The molecule has 9 rings (SSSR count). The van der Waals surface area contributed by atoms with E-state index in [1.807, 2.05) is 12.3 Å². The Balaban J connectivity index is 1.08. The molecular weight excluding hydrogens is 653 g/mol. The lowest BCUT2D eigenvalue weighted by Gasteiger charge is -2.26. The van der Waals surface area contributed by atoms with E-state index in [0.717, 1.165) is 29.4 Å². The molecule has 5 aromatic carbocycles. The van der Waals surface area contributed by atoms with Crippen molar-refractivity contribution in [2.45, 2.75) is 70.3 Å². The van der Waals surface area contributed by atoms with Crippen LogP contribution in [0, 0.1) is 0 Å². The largest absolute Gasteiger partial charge is 0.372 e. The lowest BCUT2D eigenvalue weighted by molar-refractivity contribution is 0.642. The number of allylic oxidation sites excluding steroid dienone is 8. The van der Waals surface area contributed by atoms with Gasteiger partial charge in [0.2, 0.25) is 0 Å². The van der Waals surface area contributed by atoms with E-state index in [-0.39, 0.29) is 6.04 Å². The van der Waals surface area contributed by atoms with Crippen LogP contribution in [0.1, 0.15) is 92.5 Å². The maximum atomic E-state index is 4.75. The zero-order chi connectivity index (χ0) is 36.4. The Labute approximate surface area is 320 Å². The second kappa shape index (κ2) is 15.0. The molecule has 6 aromatic rings. The van der Waals surface area contributed by atoms with Gasteiger partial charge in [-0.2, -0.15) is 0 Å². The van der Waals surface area contributed by atoms with Crippen molar-refractivity contribution in [3.8, 4) is 11.1 Å². The maximum Gasteiger partial charge on any atom is 0.0939 e. The number of aromatic nitrogens is 1. The lowest BCUT2D eigenvalue weighted by atomic mass is 9.78. The van der Waals surface area contributed by atoms with Crippen molar-refractivity contribution in [2.24, 2.45) is 0 Å². The van der Waals surface area contributed by atoms with Crippen molar-refractivity contribution in [2.75, 3.05) is 5.32 Å². The van der Waals surface area contributed by atoms with Gasteiger partial charge in [0.1, 0.15) is 0 Å². The smallest absolute Gasteiger partial charge is 0.0939 e. The molecule has 1 aliphatic heterocycles. The summed E-state index contributed by atoms with van der Waals surface area (Å²) in [5.41, 5.74) is 16.0. The van der Waals surface area contributed by atoms with E-state index in [9.17, 15) is 0 Å². The lowest BCUT2D eigenvalue weighted by Crippen LogP contribution is -2.13. The molecule has 0 saturated carbocycles. The Morgan fingerprint density at radius 1 is 0.815 bits per heavy atom. The van der Waals surface area contributed by atoms with Crippen molar-refractivity contribution < 1.29 is 0 Å². The third-order valence-electron chi connectivity index (χ3n) is 12.0. The minimum absolute atomic E-state index is 0.0492. The molecule has 0 radical (unpaired) electrons. The number of rotatable bonds is 8. The normalized spacial score (nSPS) is 20.1. The zero-order valence-electron chi connectivity index (χ0n) is 31.4. The summed E-state index contributed by atoms with van der Waals surface area (Å²) in [6.45, 7) is 4.45. The molecular formula is C52H48N2. The molecule has 1 N–H and O–H groups in total. The molecule has 2 nitrogen and oxygen atoms in total. The quantitative estimate of drug-likeness (QED) is 0.160. The van der Waals surface area contributed by atoms with Crippen molar-refractivity contribution in [1.29, 1.82) is 0 Å². The number of fused-ring (bicyclic) bond motifs is 4. The number of nitrogens with one attached hydrogen (secondary N) is 1. The van der Waals surface area contributed by atoms with Crippen LogP contribution in [0.5, 0.6) is 0 Å². The number of pyridine rings is 1. The average Bonchev–Trinajstić information content (AvgIpc) is 3.64. The molecule has 2 heteroatoms. The Morgan fingerprint density at radius 2 is 1.65 bits per heavy atom.